The van der Waals surface area contributed by atoms with Crippen LogP contribution in [0.4, 0.5) is 0 Å². The molecule has 1 aromatic heterocycles. The summed E-state index contributed by atoms with van der Waals surface area (Å²) in [6, 6.07) is 19.0. The highest BCUT2D eigenvalue weighted by atomic mass is 16.1. The van der Waals surface area contributed by atoms with Crippen molar-refractivity contribution in [2.24, 2.45) is 5.73 Å². The summed E-state index contributed by atoms with van der Waals surface area (Å²) in [5.41, 5.74) is 13.6. The third-order valence-electron chi connectivity index (χ3n) is 5.68. The molecule has 3 nitrogen and oxygen atoms in total. The molecule has 3 heteroatoms. The van der Waals surface area contributed by atoms with Crippen LogP contribution < -0.4 is 5.73 Å². The summed E-state index contributed by atoms with van der Waals surface area (Å²) in [4.78, 5) is 12.1. The number of amides is 1. The maximum atomic E-state index is 12.1. The van der Waals surface area contributed by atoms with Crippen molar-refractivity contribution in [1.82, 2.24) is 4.57 Å². The number of primary amides is 1. The number of nitrogens with two attached hydrogens (primary N) is 1. The average Bonchev–Trinajstić information content (AvgIpc) is 2.98. The molecule has 0 aliphatic rings. The van der Waals surface area contributed by atoms with Crippen LogP contribution in [0.3, 0.4) is 0 Å². The Morgan fingerprint density at radius 1 is 1.00 bits per heavy atom. The molecule has 28 heavy (non-hydrogen) atoms. The first kappa shape index (κ1) is 18.3. The number of hydrogen-bond acceptors (Lipinski definition) is 1. The van der Waals surface area contributed by atoms with E-state index >= 15 is 0 Å². The summed E-state index contributed by atoms with van der Waals surface area (Å²) >= 11 is 0. The lowest BCUT2D eigenvalue weighted by atomic mass is 10.00. The number of aryl methyl sites for hydroxylation is 2. The first-order chi connectivity index (χ1) is 13.4. The van der Waals surface area contributed by atoms with E-state index in [-0.39, 0.29) is 5.91 Å². The summed E-state index contributed by atoms with van der Waals surface area (Å²) in [7, 11) is 0. The van der Waals surface area contributed by atoms with E-state index in [0.717, 1.165) is 28.4 Å². The number of fused-ring (bicyclic) bond motifs is 3. The minimum Gasteiger partial charge on any atom is -0.366 e. The SMILES string of the molecule is Cc1ccc(C)c(Cn2c3cc(C(C)C)ccc3c3c(C(N)=O)cccc32)c1. The van der Waals surface area contributed by atoms with Gasteiger partial charge in [0.2, 0.25) is 5.91 Å². The Morgan fingerprint density at radius 2 is 1.79 bits per heavy atom. The molecule has 4 aromatic rings. The lowest BCUT2D eigenvalue weighted by molar-refractivity contribution is 0.100. The molecule has 0 bridgehead atoms. The van der Waals surface area contributed by atoms with Crippen molar-refractivity contribution < 1.29 is 4.79 Å². The van der Waals surface area contributed by atoms with Gasteiger partial charge in [0.05, 0.1) is 5.52 Å². The minimum atomic E-state index is -0.385. The largest absolute Gasteiger partial charge is 0.366 e. The molecule has 1 heterocycles. The third kappa shape index (κ3) is 2.97. The van der Waals surface area contributed by atoms with Crippen LogP contribution >= 0.6 is 0 Å². The molecule has 0 fully saturated rings. The monoisotopic (exact) mass is 370 g/mol. The second-order valence-corrected chi connectivity index (χ2v) is 8.01. The second-order valence-electron chi connectivity index (χ2n) is 8.01. The van der Waals surface area contributed by atoms with Gasteiger partial charge in [-0.15, -0.1) is 0 Å². The zero-order valence-corrected chi connectivity index (χ0v) is 16.9. The first-order valence-electron chi connectivity index (χ1n) is 9.77. The van der Waals surface area contributed by atoms with Crippen LogP contribution in [0.5, 0.6) is 0 Å². The maximum absolute atomic E-state index is 12.1. The fourth-order valence-corrected chi connectivity index (χ4v) is 4.04. The molecule has 0 unspecified atom stereocenters. The smallest absolute Gasteiger partial charge is 0.249 e. The van der Waals surface area contributed by atoms with Gasteiger partial charge in [-0.3, -0.25) is 4.79 Å². The van der Waals surface area contributed by atoms with Crippen molar-refractivity contribution in [2.45, 2.75) is 40.2 Å². The van der Waals surface area contributed by atoms with E-state index in [4.69, 9.17) is 5.73 Å². The molecule has 0 radical (unpaired) electrons. The Morgan fingerprint density at radius 3 is 2.50 bits per heavy atom. The Kier molecular flexibility index (Phi) is 4.46. The number of rotatable bonds is 4. The molecule has 2 N–H and O–H groups in total. The van der Waals surface area contributed by atoms with Gasteiger partial charge in [0, 0.05) is 28.4 Å². The van der Waals surface area contributed by atoms with Crippen molar-refractivity contribution in [2.75, 3.05) is 0 Å². The van der Waals surface area contributed by atoms with Crippen LogP contribution in [-0.4, -0.2) is 10.5 Å². The van der Waals surface area contributed by atoms with E-state index in [9.17, 15) is 4.79 Å². The average molecular weight is 370 g/mol. The molecule has 1 amide bonds. The third-order valence-corrected chi connectivity index (χ3v) is 5.68. The number of carbonyl (C=O) groups is 1. The molecule has 0 spiro atoms. The van der Waals surface area contributed by atoms with Crippen LogP contribution in [0.15, 0.2) is 54.6 Å². The van der Waals surface area contributed by atoms with Gasteiger partial charge < -0.3 is 10.3 Å². The van der Waals surface area contributed by atoms with Crippen molar-refractivity contribution in [3.8, 4) is 0 Å². The summed E-state index contributed by atoms with van der Waals surface area (Å²) in [5, 5.41) is 2.03. The second kappa shape index (κ2) is 6.83. The lowest BCUT2D eigenvalue weighted by Crippen LogP contribution is -2.11. The molecule has 0 atom stereocenters. The van der Waals surface area contributed by atoms with Crippen molar-refractivity contribution in [3.05, 3.63) is 82.4 Å². The van der Waals surface area contributed by atoms with Gasteiger partial charge in [-0.05, 0) is 54.7 Å². The highest BCUT2D eigenvalue weighted by molar-refractivity contribution is 6.18. The molecule has 0 saturated heterocycles. The van der Waals surface area contributed by atoms with Gasteiger partial charge in [-0.2, -0.15) is 0 Å². The normalized spacial score (nSPS) is 11.6. The lowest BCUT2D eigenvalue weighted by Gasteiger charge is -2.13. The fourth-order valence-electron chi connectivity index (χ4n) is 4.04. The standard InChI is InChI=1S/C25H26N2O/c1-15(2)18-10-11-20-23(13-18)27(14-19-12-16(3)8-9-17(19)4)22-7-5-6-21(24(20)22)25(26)28/h5-13,15H,14H2,1-4H3,(H2,26,28). The van der Waals surface area contributed by atoms with Crippen LogP contribution in [0.2, 0.25) is 0 Å². The zero-order chi connectivity index (χ0) is 20.0. The molecule has 0 saturated carbocycles. The Balaban J connectivity index is 2.06. The van der Waals surface area contributed by atoms with Gasteiger partial charge in [-0.1, -0.05) is 55.8 Å². The van der Waals surface area contributed by atoms with Gasteiger partial charge in [0.1, 0.15) is 0 Å². The Bertz CT molecular complexity index is 1210. The highest BCUT2D eigenvalue weighted by Gasteiger charge is 2.17. The fraction of sp³-hybridized carbons (Fsp3) is 0.240. The number of hydrogen-bond donors (Lipinski definition) is 1. The Labute approximate surface area is 165 Å². The minimum absolute atomic E-state index is 0.385. The van der Waals surface area contributed by atoms with E-state index in [0.29, 0.717) is 11.5 Å². The predicted molar refractivity (Wildman–Crippen MR) is 117 cm³/mol. The quantitative estimate of drug-likeness (QED) is 0.493. The molecule has 0 aliphatic carbocycles. The number of nitrogens with zero attached hydrogens (tertiary/aromatic N) is 1. The maximum Gasteiger partial charge on any atom is 0.249 e. The van der Waals surface area contributed by atoms with Gasteiger partial charge in [0.15, 0.2) is 0 Å². The topological polar surface area (TPSA) is 48.0 Å². The summed E-state index contributed by atoms with van der Waals surface area (Å²) in [6.07, 6.45) is 0. The summed E-state index contributed by atoms with van der Waals surface area (Å²) in [5.74, 6) is 0.0523. The van der Waals surface area contributed by atoms with Gasteiger partial charge in [-0.25, -0.2) is 0 Å². The molecule has 3 aromatic carbocycles. The van der Waals surface area contributed by atoms with Crippen LogP contribution in [0.25, 0.3) is 21.8 Å². The predicted octanol–water partition coefficient (Wildman–Crippen LogP) is 5.68. The van der Waals surface area contributed by atoms with Crippen LogP contribution in [0.1, 0.15) is 52.4 Å². The first-order valence-corrected chi connectivity index (χ1v) is 9.77. The molecule has 142 valence electrons. The van der Waals surface area contributed by atoms with Crippen molar-refractivity contribution in [1.29, 1.82) is 0 Å². The Hall–Kier alpha value is -3.07. The van der Waals surface area contributed by atoms with E-state index < -0.39 is 0 Å². The summed E-state index contributed by atoms with van der Waals surface area (Å²) in [6.45, 7) is 9.44. The number of benzene rings is 3. The van der Waals surface area contributed by atoms with E-state index in [2.05, 4.69) is 74.7 Å². The van der Waals surface area contributed by atoms with Crippen LogP contribution in [0, 0.1) is 13.8 Å². The van der Waals surface area contributed by atoms with Crippen LogP contribution in [-0.2, 0) is 6.54 Å². The van der Waals surface area contributed by atoms with E-state index in [1.54, 1.807) is 0 Å². The molecular weight excluding hydrogens is 344 g/mol. The van der Waals surface area contributed by atoms with E-state index in [1.807, 2.05) is 12.1 Å². The highest BCUT2D eigenvalue weighted by Crippen LogP contribution is 2.34. The van der Waals surface area contributed by atoms with E-state index in [1.165, 1.54) is 22.3 Å². The molecular formula is C25H26N2O. The zero-order valence-electron chi connectivity index (χ0n) is 16.9. The summed E-state index contributed by atoms with van der Waals surface area (Å²) < 4.78 is 2.32. The number of aromatic nitrogens is 1. The molecule has 0 aliphatic heterocycles. The number of carbonyl (C=O) groups excluding carboxylic acids is 1. The van der Waals surface area contributed by atoms with Gasteiger partial charge in [0.25, 0.3) is 0 Å². The van der Waals surface area contributed by atoms with Crippen molar-refractivity contribution >= 4 is 27.7 Å². The van der Waals surface area contributed by atoms with Gasteiger partial charge >= 0.3 is 0 Å². The molecule has 4 rings (SSSR count). The van der Waals surface area contributed by atoms with Crippen molar-refractivity contribution in [3.63, 3.8) is 0 Å².